The minimum absolute atomic E-state index is 0.0623. The van der Waals surface area contributed by atoms with Gasteiger partial charge in [-0.05, 0) is 12.3 Å². The summed E-state index contributed by atoms with van der Waals surface area (Å²) in [7, 11) is 0. The number of carboxylic acid groups (broad SMARTS) is 1. The predicted molar refractivity (Wildman–Crippen MR) is 53.2 cm³/mol. The van der Waals surface area contributed by atoms with Crippen molar-refractivity contribution in [2.24, 2.45) is 11.8 Å². The van der Waals surface area contributed by atoms with Crippen LogP contribution < -0.4 is 5.32 Å². The van der Waals surface area contributed by atoms with Crippen molar-refractivity contribution in [1.82, 2.24) is 5.32 Å². The Bertz CT molecular complexity index is 194. The lowest BCUT2D eigenvalue weighted by atomic mass is 9.98. The number of hydrogen-bond donors (Lipinski definition) is 2. The van der Waals surface area contributed by atoms with Gasteiger partial charge in [0, 0.05) is 19.7 Å². The fourth-order valence-electron chi connectivity index (χ4n) is 1.55. The fraction of sp³-hybridized carbons (Fsp3) is 0.900. The van der Waals surface area contributed by atoms with E-state index in [9.17, 15) is 4.79 Å². The standard InChI is InChI=1S/C10H19NO3/c1-7(2)6-14-9-3-8(10(12)13)4-11-5-9/h7-9,11H,3-6H2,1-2H3,(H,12,13). The molecule has 0 aliphatic carbocycles. The third-order valence-electron chi connectivity index (χ3n) is 2.32. The highest BCUT2D eigenvalue weighted by molar-refractivity contribution is 5.70. The van der Waals surface area contributed by atoms with Crippen LogP contribution >= 0.6 is 0 Å². The second-order valence-corrected chi connectivity index (χ2v) is 4.28. The summed E-state index contributed by atoms with van der Waals surface area (Å²) in [4.78, 5) is 10.7. The third-order valence-corrected chi connectivity index (χ3v) is 2.32. The zero-order valence-electron chi connectivity index (χ0n) is 8.82. The second-order valence-electron chi connectivity index (χ2n) is 4.28. The van der Waals surface area contributed by atoms with E-state index in [-0.39, 0.29) is 12.0 Å². The Labute approximate surface area is 84.6 Å². The smallest absolute Gasteiger partial charge is 0.307 e. The van der Waals surface area contributed by atoms with Crippen LogP contribution in [-0.2, 0) is 9.53 Å². The Kier molecular flexibility index (Phi) is 4.35. The van der Waals surface area contributed by atoms with Gasteiger partial charge in [-0.25, -0.2) is 0 Å². The third kappa shape index (κ3) is 3.64. The molecule has 0 amide bonds. The highest BCUT2D eigenvalue weighted by Gasteiger charge is 2.27. The summed E-state index contributed by atoms with van der Waals surface area (Å²) in [5.41, 5.74) is 0. The molecule has 1 heterocycles. The van der Waals surface area contributed by atoms with Crippen molar-refractivity contribution in [3.05, 3.63) is 0 Å². The van der Waals surface area contributed by atoms with Gasteiger partial charge in [0.25, 0.3) is 0 Å². The lowest BCUT2D eigenvalue weighted by Gasteiger charge is -2.28. The van der Waals surface area contributed by atoms with Gasteiger partial charge in [-0.2, -0.15) is 0 Å². The van der Waals surface area contributed by atoms with Gasteiger partial charge in [0.15, 0.2) is 0 Å². The van der Waals surface area contributed by atoms with E-state index in [2.05, 4.69) is 19.2 Å². The van der Waals surface area contributed by atoms with Gasteiger partial charge in [0.2, 0.25) is 0 Å². The molecule has 4 heteroatoms. The van der Waals surface area contributed by atoms with E-state index in [0.717, 1.165) is 6.54 Å². The van der Waals surface area contributed by atoms with Crippen molar-refractivity contribution in [2.45, 2.75) is 26.4 Å². The summed E-state index contributed by atoms with van der Waals surface area (Å²) in [6, 6.07) is 0. The first-order valence-corrected chi connectivity index (χ1v) is 5.14. The van der Waals surface area contributed by atoms with Crippen molar-refractivity contribution < 1.29 is 14.6 Å². The number of nitrogens with one attached hydrogen (secondary N) is 1. The first-order valence-electron chi connectivity index (χ1n) is 5.14. The van der Waals surface area contributed by atoms with Crippen LogP contribution in [0.4, 0.5) is 0 Å². The summed E-state index contributed by atoms with van der Waals surface area (Å²) >= 11 is 0. The molecule has 2 atom stereocenters. The minimum Gasteiger partial charge on any atom is -0.481 e. The molecule has 0 radical (unpaired) electrons. The van der Waals surface area contributed by atoms with E-state index in [1.807, 2.05) is 0 Å². The minimum atomic E-state index is -0.727. The average Bonchev–Trinajstić information content (AvgIpc) is 2.15. The van der Waals surface area contributed by atoms with E-state index in [0.29, 0.717) is 25.5 Å². The summed E-state index contributed by atoms with van der Waals surface area (Å²) in [6.07, 6.45) is 0.696. The van der Waals surface area contributed by atoms with Crippen molar-refractivity contribution in [3.8, 4) is 0 Å². The molecule has 1 rings (SSSR count). The van der Waals surface area contributed by atoms with Gasteiger partial charge < -0.3 is 15.2 Å². The lowest BCUT2D eigenvalue weighted by molar-refractivity contribution is -0.144. The van der Waals surface area contributed by atoms with E-state index >= 15 is 0 Å². The molecule has 1 fully saturated rings. The zero-order valence-corrected chi connectivity index (χ0v) is 8.82. The molecule has 0 aromatic heterocycles. The maximum Gasteiger partial charge on any atom is 0.307 e. The largest absolute Gasteiger partial charge is 0.481 e. The van der Waals surface area contributed by atoms with Crippen LogP contribution in [-0.4, -0.2) is 36.9 Å². The number of ether oxygens (including phenoxy) is 1. The van der Waals surface area contributed by atoms with Gasteiger partial charge in [0.05, 0.1) is 12.0 Å². The van der Waals surface area contributed by atoms with Crippen molar-refractivity contribution in [2.75, 3.05) is 19.7 Å². The van der Waals surface area contributed by atoms with E-state index in [1.165, 1.54) is 0 Å². The molecule has 1 aliphatic rings. The first-order chi connectivity index (χ1) is 6.59. The van der Waals surface area contributed by atoms with Crippen LogP contribution in [0.25, 0.3) is 0 Å². The SMILES string of the molecule is CC(C)COC1CNCC(C(=O)O)C1. The average molecular weight is 201 g/mol. The topological polar surface area (TPSA) is 58.6 Å². The van der Waals surface area contributed by atoms with Gasteiger partial charge in [-0.15, -0.1) is 0 Å². The van der Waals surface area contributed by atoms with Crippen LogP contribution in [0.5, 0.6) is 0 Å². The molecule has 0 aromatic carbocycles. The van der Waals surface area contributed by atoms with Crippen LogP contribution in [0.3, 0.4) is 0 Å². The lowest BCUT2D eigenvalue weighted by Crippen LogP contribution is -2.43. The Morgan fingerprint density at radius 2 is 2.29 bits per heavy atom. The Balaban J connectivity index is 2.29. The van der Waals surface area contributed by atoms with Crippen LogP contribution in [0, 0.1) is 11.8 Å². The molecular weight excluding hydrogens is 182 g/mol. The van der Waals surface area contributed by atoms with Gasteiger partial charge in [-0.1, -0.05) is 13.8 Å². The van der Waals surface area contributed by atoms with Crippen molar-refractivity contribution >= 4 is 5.97 Å². The zero-order chi connectivity index (χ0) is 10.6. The van der Waals surface area contributed by atoms with Crippen molar-refractivity contribution in [1.29, 1.82) is 0 Å². The summed E-state index contributed by atoms with van der Waals surface area (Å²) in [6.45, 7) is 6.22. The molecule has 1 aliphatic heterocycles. The van der Waals surface area contributed by atoms with Gasteiger partial charge in [-0.3, -0.25) is 4.79 Å². The Morgan fingerprint density at radius 3 is 2.86 bits per heavy atom. The number of aliphatic carboxylic acids is 1. The molecule has 14 heavy (non-hydrogen) atoms. The molecule has 82 valence electrons. The van der Waals surface area contributed by atoms with Crippen molar-refractivity contribution in [3.63, 3.8) is 0 Å². The molecule has 2 unspecified atom stereocenters. The fourth-order valence-corrected chi connectivity index (χ4v) is 1.55. The molecule has 2 N–H and O–H groups in total. The highest BCUT2D eigenvalue weighted by Crippen LogP contribution is 2.14. The monoisotopic (exact) mass is 201 g/mol. The molecular formula is C10H19NO3. The summed E-state index contributed by atoms with van der Waals surface area (Å²) in [5.74, 6) is -0.517. The molecule has 4 nitrogen and oxygen atoms in total. The second kappa shape index (κ2) is 5.32. The number of rotatable bonds is 4. The van der Waals surface area contributed by atoms with Crippen LogP contribution in [0.1, 0.15) is 20.3 Å². The van der Waals surface area contributed by atoms with E-state index < -0.39 is 5.97 Å². The molecule has 0 saturated carbocycles. The number of carboxylic acids is 1. The quantitative estimate of drug-likeness (QED) is 0.703. The van der Waals surface area contributed by atoms with Crippen LogP contribution in [0.15, 0.2) is 0 Å². The summed E-state index contributed by atoms with van der Waals surface area (Å²) in [5, 5.41) is 11.9. The number of piperidine rings is 1. The van der Waals surface area contributed by atoms with E-state index in [1.54, 1.807) is 0 Å². The predicted octanol–water partition coefficient (Wildman–Crippen LogP) is 0.722. The summed E-state index contributed by atoms with van der Waals surface area (Å²) < 4.78 is 5.60. The van der Waals surface area contributed by atoms with E-state index in [4.69, 9.17) is 9.84 Å². The first kappa shape index (κ1) is 11.5. The molecule has 0 spiro atoms. The molecule has 0 bridgehead atoms. The maximum absolute atomic E-state index is 10.7. The molecule has 1 saturated heterocycles. The maximum atomic E-state index is 10.7. The molecule has 0 aromatic rings. The van der Waals surface area contributed by atoms with Gasteiger partial charge >= 0.3 is 5.97 Å². The highest BCUT2D eigenvalue weighted by atomic mass is 16.5. The van der Waals surface area contributed by atoms with Gasteiger partial charge in [0.1, 0.15) is 0 Å². The Hall–Kier alpha value is -0.610. The Morgan fingerprint density at radius 1 is 1.57 bits per heavy atom. The number of carbonyl (C=O) groups is 1. The normalized spacial score (nSPS) is 27.9. The van der Waals surface area contributed by atoms with Crippen LogP contribution in [0.2, 0.25) is 0 Å². The number of hydrogen-bond acceptors (Lipinski definition) is 3.